The van der Waals surface area contributed by atoms with Gasteiger partial charge in [0.2, 0.25) is 5.91 Å². The Morgan fingerprint density at radius 1 is 0.854 bits per heavy atom. The van der Waals surface area contributed by atoms with Crippen molar-refractivity contribution in [2.45, 2.75) is 68.3 Å². The van der Waals surface area contributed by atoms with E-state index in [0.717, 1.165) is 11.3 Å². The fraction of sp³-hybridized carbons (Fsp3) is 0.342. The third-order valence-corrected chi connectivity index (χ3v) is 9.59. The largest absolute Gasteiger partial charge is 0.508 e. The predicted molar refractivity (Wildman–Crippen MR) is 176 cm³/mol. The van der Waals surface area contributed by atoms with Crippen LogP contribution in [-0.4, -0.2) is 67.6 Å². The van der Waals surface area contributed by atoms with Gasteiger partial charge in [-0.25, -0.2) is 4.39 Å². The first kappa shape index (κ1) is 33.7. The maximum Gasteiger partial charge on any atom is 0.227 e. The fourth-order valence-corrected chi connectivity index (χ4v) is 6.99. The number of halogens is 1. The van der Waals surface area contributed by atoms with Crippen molar-refractivity contribution in [2.24, 2.45) is 5.92 Å². The quantitative estimate of drug-likeness (QED) is 0.144. The van der Waals surface area contributed by atoms with Crippen LogP contribution in [-0.2, 0) is 9.53 Å². The standard InChI is InChI=1S/C38H40FNO8/c39-27-16-13-23(14-17-27)30(42)8-4-5-26-20-33(44)40(28-6-2-1-3-7-28)34(26)29-18-15-25(19-31(29)43)22-9-11-24(12-10-22)38-37(47)36(46)35(45)32(21-41)48-38/h1-3,6-7,9-19,26,30,32,34-38,41-43,45-47H,4-5,8,20-21H2. The highest BCUT2D eigenvalue weighted by Gasteiger charge is 2.44. The summed E-state index contributed by atoms with van der Waals surface area (Å²) in [5.41, 5.74) is 4.00. The predicted octanol–water partition coefficient (Wildman–Crippen LogP) is 4.71. The monoisotopic (exact) mass is 657 g/mol. The van der Waals surface area contributed by atoms with Crippen LogP contribution < -0.4 is 4.90 Å². The van der Waals surface area contributed by atoms with E-state index in [2.05, 4.69) is 0 Å². The summed E-state index contributed by atoms with van der Waals surface area (Å²) in [6.07, 6.45) is -5.07. The molecule has 0 bridgehead atoms. The van der Waals surface area contributed by atoms with E-state index >= 15 is 0 Å². The van der Waals surface area contributed by atoms with Crippen molar-refractivity contribution in [3.8, 4) is 16.9 Å². The van der Waals surface area contributed by atoms with Gasteiger partial charge in [-0.2, -0.15) is 0 Å². The van der Waals surface area contributed by atoms with E-state index in [0.29, 0.717) is 41.5 Å². The maximum atomic E-state index is 13.5. The van der Waals surface area contributed by atoms with Gasteiger partial charge in [-0.05, 0) is 71.3 Å². The molecule has 2 heterocycles. The molecule has 2 aliphatic heterocycles. The zero-order chi connectivity index (χ0) is 33.9. The molecule has 2 fully saturated rings. The molecule has 8 atom stereocenters. The van der Waals surface area contributed by atoms with Crippen molar-refractivity contribution in [2.75, 3.05) is 11.5 Å². The van der Waals surface area contributed by atoms with E-state index in [-0.39, 0.29) is 29.8 Å². The minimum atomic E-state index is -1.48. The molecule has 0 aromatic heterocycles. The van der Waals surface area contributed by atoms with Gasteiger partial charge in [-0.15, -0.1) is 0 Å². The number of aromatic hydroxyl groups is 1. The summed E-state index contributed by atoms with van der Waals surface area (Å²) in [6.45, 7) is -0.516. The summed E-state index contributed by atoms with van der Waals surface area (Å²) in [5, 5.41) is 62.5. The molecule has 2 aliphatic rings. The zero-order valence-electron chi connectivity index (χ0n) is 26.2. The van der Waals surface area contributed by atoms with Gasteiger partial charge in [0.15, 0.2) is 0 Å². The van der Waals surface area contributed by atoms with Crippen LogP contribution in [0.2, 0.25) is 0 Å². The lowest BCUT2D eigenvalue weighted by atomic mass is 9.87. The minimum Gasteiger partial charge on any atom is -0.508 e. The van der Waals surface area contributed by atoms with Gasteiger partial charge >= 0.3 is 0 Å². The molecule has 6 rings (SSSR count). The van der Waals surface area contributed by atoms with E-state index in [1.807, 2.05) is 42.5 Å². The van der Waals surface area contributed by atoms with Gasteiger partial charge in [0.25, 0.3) is 0 Å². The second-order valence-electron chi connectivity index (χ2n) is 12.7. The number of hydrogen-bond acceptors (Lipinski definition) is 8. The van der Waals surface area contributed by atoms with Crippen LogP contribution in [0.1, 0.15) is 60.6 Å². The molecular formula is C38H40FNO8. The summed E-state index contributed by atoms with van der Waals surface area (Å²) < 4.78 is 19.0. The fourth-order valence-electron chi connectivity index (χ4n) is 6.99. The molecule has 10 heteroatoms. The average Bonchev–Trinajstić information content (AvgIpc) is 3.43. The number of aliphatic hydroxyl groups is 5. The second kappa shape index (κ2) is 14.5. The van der Waals surface area contributed by atoms with Gasteiger partial charge in [-0.3, -0.25) is 4.79 Å². The molecule has 1 amide bonds. The van der Waals surface area contributed by atoms with Crippen molar-refractivity contribution < 1.29 is 44.6 Å². The smallest absolute Gasteiger partial charge is 0.227 e. The highest BCUT2D eigenvalue weighted by Crippen LogP contribution is 2.47. The number of phenols is 1. The van der Waals surface area contributed by atoms with Gasteiger partial charge < -0.3 is 40.3 Å². The Hall–Kier alpha value is -4.16. The normalized spacial score (nSPS) is 26.5. The summed E-state index contributed by atoms with van der Waals surface area (Å²) in [5.74, 6) is -0.520. The van der Waals surface area contributed by atoms with Crippen LogP contribution in [0, 0.1) is 11.7 Å². The van der Waals surface area contributed by atoms with Crippen LogP contribution in [0.5, 0.6) is 5.75 Å². The van der Waals surface area contributed by atoms with Gasteiger partial charge in [0.05, 0.1) is 18.8 Å². The van der Waals surface area contributed by atoms with Crippen LogP contribution in [0.25, 0.3) is 11.1 Å². The number of anilines is 1. The SMILES string of the molecule is O=C1CC(CCCC(O)c2ccc(F)cc2)C(c2ccc(-c3ccc(C4OC(CO)C(O)C(O)C4O)cc3)cc2O)N1c1ccccc1. The number of carbonyl (C=O) groups excluding carboxylic acids is 1. The summed E-state index contributed by atoms with van der Waals surface area (Å²) in [7, 11) is 0. The number of nitrogens with zero attached hydrogens (tertiary/aromatic N) is 1. The van der Waals surface area contributed by atoms with Crippen molar-refractivity contribution in [1.29, 1.82) is 0 Å². The van der Waals surface area contributed by atoms with E-state index in [1.54, 1.807) is 47.4 Å². The van der Waals surface area contributed by atoms with Crippen LogP contribution >= 0.6 is 0 Å². The molecule has 48 heavy (non-hydrogen) atoms. The Bertz CT molecular complexity index is 1680. The Labute approximate surface area is 278 Å². The lowest BCUT2D eigenvalue weighted by Crippen LogP contribution is -2.55. The Kier molecular flexibility index (Phi) is 10.2. The van der Waals surface area contributed by atoms with Crippen LogP contribution in [0.4, 0.5) is 10.1 Å². The molecular weight excluding hydrogens is 617 g/mol. The molecule has 6 N–H and O–H groups in total. The highest BCUT2D eigenvalue weighted by atomic mass is 19.1. The van der Waals surface area contributed by atoms with E-state index in [9.17, 15) is 39.8 Å². The summed E-state index contributed by atoms with van der Waals surface area (Å²) in [6, 6.07) is 27.1. The summed E-state index contributed by atoms with van der Waals surface area (Å²) in [4.78, 5) is 15.2. The number of carbonyl (C=O) groups is 1. The second-order valence-corrected chi connectivity index (χ2v) is 12.7. The first-order valence-electron chi connectivity index (χ1n) is 16.2. The van der Waals surface area contributed by atoms with Crippen molar-refractivity contribution in [3.05, 3.63) is 120 Å². The van der Waals surface area contributed by atoms with Crippen molar-refractivity contribution >= 4 is 11.6 Å². The van der Waals surface area contributed by atoms with Gasteiger partial charge in [-0.1, -0.05) is 73.2 Å². The third-order valence-electron chi connectivity index (χ3n) is 9.59. The number of phenolic OH excluding ortho intramolecular Hbond substituents is 1. The van der Waals surface area contributed by atoms with E-state index < -0.39 is 49.3 Å². The van der Waals surface area contributed by atoms with E-state index in [1.165, 1.54) is 12.1 Å². The highest BCUT2D eigenvalue weighted by molar-refractivity contribution is 5.97. The first-order valence-corrected chi connectivity index (χ1v) is 16.2. The molecule has 9 nitrogen and oxygen atoms in total. The first-order chi connectivity index (χ1) is 23.2. The lowest BCUT2D eigenvalue weighted by Gasteiger charge is -2.40. The molecule has 0 saturated carbocycles. The molecule has 252 valence electrons. The molecule has 0 aliphatic carbocycles. The topological polar surface area (TPSA) is 151 Å². The number of amides is 1. The number of benzene rings is 4. The molecule has 0 radical (unpaired) electrons. The number of hydrogen-bond donors (Lipinski definition) is 6. The lowest BCUT2D eigenvalue weighted by molar-refractivity contribution is -0.231. The van der Waals surface area contributed by atoms with Crippen molar-refractivity contribution in [3.63, 3.8) is 0 Å². The van der Waals surface area contributed by atoms with E-state index in [4.69, 9.17) is 4.74 Å². The summed E-state index contributed by atoms with van der Waals surface area (Å²) >= 11 is 0. The van der Waals surface area contributed by atoms with Crippen LogP contribution in [0.3, 0.4) is 0 Å². The average molecular weight is 658 g/mol. The van der Waals surface area contributed by atoms with Gasteiger partial charge in [0, 0.05) is 17.7 Å². The zero-order valence-corrected chi connectivity index (χ0v) is 26.2. The Morgan fingerprint density at radius 2 is 1.54 bits per heavy atom. The minimum absolute atomic E-state index is 0.0301. The van der Waals surface area contributed by atoms with Gasteiger partial charge in [0.1, 0.15) is 42.1 Å². The maximum absolute atomic E-state index is 13.5. The number of para-hydroxylation sites is 1. The third kappa shape index (κ3) is 6.86. The molecule has 8 unspecified atom stereocenters. The Morgan fingerprint density at radius 3 is 2.21 bits per heavy atom. The molecule has 2 saturated heterocycles. The van der Waals surface area contributed by atoms with Crippen molar-refractivity contribution in [1.82, 2.24) is 0 Å². The molecule has 0 spiro atoms. The molecule has 4 aromatic carbocycles. The number of ether oxygens (including phenoxy) is 1. The number of aliphatic hydroxyl groups excluding tert-OH is 5. The number of rotatable bonds is 10. The van der Waals surface area contributed by atoms with Crippen LogP contribution in [0.15, 0.2) is 97.1 Å². The molecule has 4 aromatic rings. The Balaban J connectivity index is 1.22.